The van der Waals surface area contributed by atoms with Crippen molar-refractivity contribution < 1.29 is 10.0 Å². The van der Waals surface area contributed by atoms with Crippen LogP contribution in [0.4, 0.5) is 5.69 Å². The summed E-state index contributed by atoms with van der Waals surface area (Å²) >= 11 is 1.55. The second kappa shape index (κ2) is 5.34. The van der Waals surface area contributed by atoms with Gasteiger partial charge in [0.1, 0.15) is 5.01 Å². The SMILES string of the molecule is O=[N+]([O-])c1cc(C=Cc2nc3ccccc3s2)ccc1O. The van der Waals surface area contributed by atoms with Crippen molar-refractivity contribution in [3.8, 4) is 5.75 Å². The van der Waals surface area contributed by atoms with Crippen LogP contribution in [0.5, 0.6) is 5.75 Å². The zero-order chi connectivity index (χ0) is 14.8. The number of aromatic hydroxyl groups is 1. The van der Waals surface area contributed by atoms with Gasteiger partial charge in [-0.2, -0.15) is 0 Å². The number of para-hydroxylation sites is 1. The highest BCUT2D eigenvalue weighted by atomic mass is 32.1. The smallest absolute Gasteiger partial charge is 0.311 e. The first-order valence-electron chi connectivity index (χ1n) is 6.14. The van der Waals surface area contributed by atoms with Gasteiger partial charge in [0.2, 0.25) is 0 Å². The normalized spacial score (nSPS) is 11.2. The maximum Gasteiger partial charge on any atom is 0.311 e. The molecule has 0 radical (unpaired) electrons. The van der Waals surface area contributed by atoms with E-state index in [0.29, 0.717) is 5.56 Å². The van der Waals surface area contributed by atoms with Crippen LogP contribution in [0.2, 0.25) is 0 Å². The third kappa shape index (κ3) is 2.75. The average molecular weight is 298 g/mol. The lowest BCUT2D eigenvalue weighted by molar-refractivity contribution is -0.385. The Hall–Kier alpha value is -2.73. The van der Waals surface area contributed by atoms with Crippen molar-refractivity contribution in [2.45, 2.75) is 0 Å². The standard InChI is InChI=1S/C15H10N2O3S/c18-13-7-5-10(9-12(13)17(19)20)6-8-15-16-11-3-1-2-4-14(11)21-15/h1-9,18H. The molecule has 21 heavy (non-hydrogen) atoms. The molecule has 2 aromatic carbocycles. The summed E-state index contributed by atoms with van der Waals surface area (Å²) in [5.41, 5.74) is 1.26. The fraction of sp³-hybridized carbons (Fsp3) is 0. The summed E-state index contributed by atoms with van der Waals surface area (Å²) in [5.74, 6) is -0.336. The summed E-state index contributed by atoms with van der Waals surface area (Å²) in [4.78, 5) is 14.6. The van der Waals surface area contributed by atoms with E-state index in [1.165, 1.54) is 12.1 Å². The molecule has 1 heterocycles. The number of thiazole rings is 1. The minimum atomic E-state index is -0.607. The van der Waals surface area contributed by atoms with Gasteiger partial charge in [0.25, 0.3) is 0 Å². The van der Waals surface area contributed by atoms with E-state index in [1.54, 1.807) is 29.6 Å². The minimum Gasteiger partial charge on any atom is -0.502 e. The van der Waals surface area contributed by atoms with Gasteiger partial charge in [0, 0.05) is 6.07 Å². The number of rotatable bonds is 3. The van der Waals surface area contributed by atoms with Crippen LogP contribution in [0.25, 0.3) is 22.4 Å². The Labute approximate surface area is 124 Å². The number of nitro groups is 1. The first-order valence-corrected chi connectivity index (χ1v) is 6.96. The molecule has 0 unspecified atom stereocenters. The van der Waals surface area contributed by atoms with E-state index in [0.717, 1.165) is 15.2 Å². The van der Waals surface area contributed by atoms with Gasteiger partial charge in [-0.3, -0.25) is 10.1 Å². The van der Waals surface area contributed by atoms with E-state index in [4.69, 9.17) is 0 Å². The van der Waals surface area contributed by atoms with Gasteiger partial charge in [-0.1, -0.05) is 24.3 Å². The second-order valence-electron chi connectivity index (χ2n) is 4.36. The van der Waals surface area contributed by atoms with Crippen LogP contribution in [-0.2, 0) is 0 Å². The highest BCUT2D eigenvalue weighted by Crippen LogP contribution is 2.28. The molecule has 6 heteroatoms. The molecule has 3 rings (SSSR count). The van der Waals surface area contributed by atoms with Crippen molar-refractivity contribution in [1.82, 2.24) is 4.98 Å². The molecule has 1 N–H and O–H groups in total. The predicted octanol–water partition coefficient (Wildman–Crippen LogP) is 4.08. The number of phenols is 1. The number of nitro benzene ring substituents is 1. The fourth-order valence-electron chi connectivity index (χ4n) is 1.92. The largest absolute Gasteiger partial charge is 0.502 e. The van der Waals surface area contributed by atoms with Gasteiger partial charge in [0.15, 0.2) is 5.75 Å². The van der Waals surface area contributed by atoms with Gasteiger partial charge in [-0.05, 0) is 29.8 Å². The third-order valence-corrected chi connectivity index (χ3v) is 3.93. The molecule has 0 spiro atoms. The first-order chi connectivity index (χ1) is 10.1. The molecular formula is C15H10N2O3S. The Morgan fingerprint density at radius 1 is 1.19 bits per heavy atom. The van der Waals surface area contributed by atoms with Crippen LogP contribution in [0, 0.1) is 10.1 Å². The second-order valence-corrected chi connectivity index (χ2v) is 5.42. The minimum absolute atomic E-state index is 0.304. The van der Waals surface area contributed by atoms with Crippen LogP contribution >= 0.6 is 11.3 Å². The molecule has 0 saturated carbocycles. The highest BCUT2D eigenvalue weighted by Gasteiger charge is 2.12. The topological polar surface area (TPSA) is 76.3 Å². The van der Waals surface area contributed by atoms with Crippen molar-refractivity contribution in [3.63, 3.8) is 0 Å². The van der Waals surface area contributed by atoms with E-state index >= 15 is 0 Å². The monoisotopic (exact) mass is 298 g/mol. The maximum absolute atomic E-state index is 10.8. The molecule has 0 bridgehead atoms. The Morgan fingerprint density at radius 3 is 2.76 bits per heavy atom. The van der Waals surface area contributed by atoms with E-state index in [2.05, 4.69) is 4.98 Å². The van der Waals surface area contributed by atoms with E-state index in [-0.39, 0.29) is 11.4 Å². The molecular weight excluding hydrogens is 288 g/mol. The van der Waals surface area contributed by atoms with Crippen LogP contribution in [0.3, 0.4) is 0 Å². The van der Waals surface area contributed by atoms with Crippen molar-refractivity contribution in [2.24, 2.45) is 0 Å². The predicted molar refractivity (Wildman–Crippen MR) is 83.3 cm³/mol. The summed E-state index contributed by atoms with van der Waals surface area (Å²) in [6, 6.07) is 12.1. The Balaban J connectivity index is 1.92. The Kier molecular flexibility index (Phi) is 3.37. The average Bonchev–Trinajstić information content (AvgIpc) is 2.89. The van der Waals surface area contributed by atoms with Crippen LogP contribution < -0.4 is 0 Å². The molecule has 0 saturated heterocycles. The van der Waals surface area contributed by atoms with E-state index < -0.39 is 4.92 Å². The number of hydrogen-bond acceptors (Lipinski definition) is 5. The van der Waals surface area contributed by atoms with Gasteiger partial charge < -0.3 is 5.11 Å². The number of nitrogens with zero attached hydrogens (tertiary/aromatic N) is 2. The molecule has 1 aromatic heterocycles. The summed E-state index contributed by atoms with van der Waals surface area (Å²) in [6.45, 7) is 0. The summed E-state index contributed by atoms with van der Waals surface area (Å²) < 4.78 is 1.09. The first kappa shape index (κ1) is 13.3. The van der Waals surface area contributed by atoms with Gasteiger partial charge in [-0.25, -0.2) is 4.98 Å². The van der Waals surface area contributed by atoms with E-state index in [1.807, 2.05) is 24.3 Å². The number of hydrogen-bond donors (Lipinski definition) is 1. The molecule has 0 atom stereocenters. The highest BCUT2D eigenvalue weighted by molar-refractivity contribution is 7.19. The van der Waals surface area contributed by atoms with Crippen molar-refractivity contribution in [1.29, 1.82) is 0 Å². The number of phenolic OH excluding ortho intramolecular Hbond substituents is 1. The lowest BCUT2D eigenvalue weighted by Gasteiger charge is -1.97. The quantitative estimate of drug-likeness (QED) is 0.584. The molecule has 0 amide bonds. The Morgan fingerprint density at radius 2 is 2.00 bits per heavy atom. The Bertz CT molecular complexity index is 822. The number of fused-ring (bicyclic) bond motifs is 1. The lowest BCUT2D eigenvalue weighted by Crippen LogP contribution is -1.88. The molecule has 3 aromatic rings. The molecule has 104 valence electrons. The van der Waals surface area contributed by atoms with Crippen LogP contribution in [0.15, 0.2) is 42.5 Å². The number of aromatic nitrogens is 1. The van der Waals surface area contributed by atoms with Crippen molar-refractivity contribution in [3.05, 3.63) is 63.1 Å². The van der Waals surface area contributed by atoms with Crippen molar-refractivity contribution >= 4 is 39.4 Å². The molecule has 5 nitrogen and oxygen atoms in total. The van der Waals surface area contributed by atoms with E-state index in [9.17, 15) is 15.2 Å². The summed E-state index contributed by atoms with van der Waals surface area (Å²) in [6.07, 6.45) is 3.55. The zero-order valence-electron chi connectivity index (χ0n) is 10.8. The lowest BCUT2D eigenvalue weighted by atomic mass is 10.2. The molecule has 0 aliphatic carbocycles. The zero-order valence-corrected chi connectivity index (χ0v) is 11.6. The van der Waals surface area contributed by atoms with Crippen LogP contribution in [-0.4, -0.2) is 15.0 Å². The summed E-state index contributed by atoms with van der Waals surface area (Å²) in [7, 11) is 0. The molecule has 0 aliphatic heterocycles. The van der Waals surface area contributed by atoms with Gasteiger partial charge in [0.05, 0.1) is 15.1 Å². The van der Waals surface area contributed by atoms with Gasteiger partial charge in [-0.15, -0.1) is 11.3 Å². The number of benzene rings is 2. The third-order valence-electron chi connectivity index (χ3n) is 2.92. The summed E-state index contributed by atoms with van der Waals surface area (Å²) in [5, 5.41) is 21.0. The maximum atomic E-state index is 10.8. The molecule has 0 fully saturated rings. The fourth-order valence-corrected chi connectivity index (χ4v) is 2.79. The van der Waals surface area contributed by atoms with Crippen LogP contribution in [0.1, 0.15) is 10.6 Å². The van der Waals surface area contributed by atoms with Crippen molar-refractivity contribution in [2.75, 3.05) is 0 Å². The molecule has 0 aliphatic rings. The van der Waals surface area contributed by atoms with Gasteiger partial charge >= 0.3 is 5.69 Å².